The molecule has 15 heavy (non-hydrogen) atoms. The van der Waals surface area contributed by atoms with Crippen LogP contribution in [-0.4, -0.2) is 4.98 Å². The zero-order chi connectivity index (χ0) is 10.7. The Labute approximate surface area is 92.5 Å². The molecule has 0 radical (unpaired) electrons. The number of hydrogen-bond donors (Lipinski definition) is 1. The first-order chi connectivity index (χ1) is 7.25. The van der Waals surface area contributed by atoms with Gasteiger partial charge >= 0.3 is 0 Å². The van der Waals surface area contributed by atoms with Gasteiger partial charge < -0.3 is 10.5 Å². The lowest BCUT2D eigenvalue weighted by atomic mass is 10.3. The van der Waals surface area contributed by atoms with Crippen molar-refractivity contribution in [3.05, 3.63) is 47.6 Å². The van der Waals surface area contributed by atoms with Gasteiger partial charge in [-0.15, -0.1) is 0 Å². The van der Waals surface area contributed by atoms with Gasteiger partial charge in [0, 0.05) is 6.20 Å². The summed E-state index contributed by atoms with van der Waals surface area (Å²) in [6, 6.07) is 10.9. The highest BCUT2D eigenvalue weighted by atomic mass is 35.5. The third-order valence-electron chi connectivity index (χ3n) is 1.80. The van der Waals surface area contributed by atoms with Crippen LogP contribution in [0.5, 0.6) is 11.6 Å². The Morgan fingerprint density at radius 2 is 1.93 bits per heavy atom. The van der Waals surface area contributed by atoms with Crippen LogP contribution in [0.1, 0.15) is 0 Å². The quantitative estimate of drug-likeness (QED) is 0.846. The molecule has 2 N–H and O–H groups in total. The summed E-state index contributed by atoms with van der Waals surface area (Å²) in [6.45, 7) is 0. The third-order valence-corrected chi connectivity index (χ3v) is 2.01. The van der Waals surface area contributed by atoms with Crippen LogP contribution in [0.25, 0.3) is 0 Å². The molecule has 1 aromatic heterocycles. The van der Waals surface area contributed by atoms with E-state index in [1.807, 2.05) is 30.3 Å². The van der Waals surface area contributed by atoms with Gasteiger partial charge in [0.1, 0.15) is 5.75 Å². The maximum Gasteiger partial charge on any atom is 0.242 e. The summed E-state index contributed by atoms with van der Waals surface area (Å²) in [6.07, 6.45) is 1.50. The Morgan fingerprint density at radius 3 is 2.60 bits per heavy atom. The molecular formula is C11H9ClN2O. The Balaban J connectivity index is 2.25. The average Bonchev–Trinajstić information content (AvgIpc) is 2.24. The SMILES string of the molecule is Nc1cc(Cl)cnc1Oc1ccccc1. The number of rotatable bonds is 2. The predicted molar refractivity (Wildman–Crippen MR) is 60.2 cm³/mol. The van der Waals surface area contributed by atoms with Crippen molar-refractivity contribution in [2.24, 2.45) is 0 Å². The molecule has 0 aliphatic carbocycles. The number of hydrogen-bond acceptors (Lipinski definition) is 3. The highest BCUT2D eigenvalue weighted by molar-refractivity contribution is 6.30. The van der Waals surface area contributed by atoms with Crippen molar-refractivity contribution in [1.82, 2.24) is 4.98 Å². The Bertz CT molecular complexity index is 459. The fourth-order valence-electron chi connectivity index (χ4n) is 1.13. The fourth-order valence-corrected chi connectivity index (χ4v) is 1.29. The molecule has 0 unspecified atom stereocenters. The van der Waals surface area contributed by atoms with Gasteiger partial charge in [-0.3, -0.25) is 0 Å². The maximum atomic E-state index is 5.72. The number of ether oxygens (including phenoxy) is 1. The largest absolute Gasteiger partial charge is 0.437 e. The Kier molecular flexibility index (Phi) is 2.74. The van der Waals surface area contributed by atoms with Crippen LogP contribution in [0.4, 0.5) is 5.69 Å². The number of benzene rings is 1. The highest BCUT2D eigenvalue weighted by Gasteiger charge is 2.03. The van der Waals surface area contributed by atoms with Crippen LogP contribution >= 0.6 is 11.6 Å². The van der Waals surface area contributed by atoms with E-state index in [4.69, 9.17) is 22.1 Å². The van der Waals surface area contributed by atoms with Crippen molar-refractivity contribution in [2.45, 2.75) is 0 Å². The van der Waals surface area contributed by atoms with E-state index in [0.29, 0.717) is 22.3 Å². The van der Waals surface area contributed by atoms with E-state index in [2.05, 4.69) is 4.98 Å². The Hall–Kier alpha value is -1.74. The molecule has 0 saturated carbocycles. The van der Waals surface area contributed by atoms with E-state index in [0.717, 1.165) is 0 Å². The van der Waals surface area contributed by atoms with Gasteiger partial charge in [-0.1, -0.05) is 29.8 Å². The molecule has 76 valence electrons. The molecule has 0 bridgehead atoms. The summed E-state index contributed by atoms with van der Waals surface area (Å²) in [7, 11) is 0. The molecule has 0 amide bonds. The maximum absolute atomic E-state index is 5.72. The molecule has 0 aliphatic rings. The summed E-state index contributed by atoms with van der Waals surface area (Å²) < 4.78 is 5.47. The van der Waals surface area contributed by atoms with Crippen LogP contribution in [0.15, 0.2) is 42.6 Å². The molecule has 1 heterocycles. The topological polar surface area (TPSA) is 48.1 Å². The summed E-state index contributed by atoms with van der Waals surface area (Å²) in [5.74, 6) is 1.06. The van der Waals surface area contributed by atoms with Crippen LogP contribution in [-0.2, 0) is 0 Å². The lowest BCUT2D eigenvalue weighted by molar-refractivity contribution is 0.465. The van der Waals surface area contributed by atoms with E-state index < -0.39 is 0 Å². The number of pyridine rings is 1. The van der Waals surface area contributed by atoms with Crippen molar-refractivity contribution in [3.63, 3.8) is 0 Å². The number of nitrogens with zero attached hydrogens (tertiary/aromatic N) is 1. The van der Waals surface area contributed by atoms with Crippen molar-refractivity contribution < 1.29 is 4.74 Å². The summed E-state index contributed by atoms with van der Waals surface area (Å²) in [5, 5.41) is 0.493. The van der Waals surface area contributed by atoms with Crippen LogP contribution in [0, 0.1) is 0 Å². The second-order valence-corrected chi connectivity index (χ2v) is 3.40. The van der Waals surface area contributed by atoms with Crippen molar-refractivity contribution in [1.29, 1.82) is 0 Å². The average molecular weight is 221 g/mol. The number of anilines is 1. The molecule has 0 atom stereocenters. The number of nitrogens with two attached hydrogens (primary N) is 1. The second-order valence-electron chi connectivity index (χ2n) is 2.96. The molecule has 2 aromatic rings. The summed E-state index contributed by atoms with van der Waals surface area (Å²) >= 11 is 5.72. The molecule has 2 rings (SSSR count). The van der Waals surface area contributed by atoms with Crippen molar-refractivity contribution >= 4 is 17.3 Å². The van der Waals surface area contributed by atoms with Gasteiger partial charge in [-0.2, -0.15) is 0 Å². The van der Waals surface area contributed by atoms with Crippen LogP contribution < -0.4 is 10.5 Å². The number of para-hydroxylation sites is 1. The molecule has 0 spiro atoms. The van der Waals surface area contributed by atoms with E-state index in [-0.39, 0.29) is 0 Å². The van der Waals surface area contributed by atoms with Gasteiger partial charge in [-0.25, -0.2) is 4.98 Å². The number of nitrogen functional groups attached to an aromatic ring is 1. The smallest absolute Gasteiger partial charge is 0.242 e. The van der Waals surface area contributed by atoms with E-state index >= 15 is 0 Å². The minimum absolute atomic E-state index is 0.366. The van der Waals surface area contributed by atoms with E-state index in [1.165, 1.54) is 6.20 Å². The highest BCUT2D eigenvalue weighted by Crippen LogP contribution is 2.26. The first kappa shape index (κ1) is 9.80. The number of halogens is 1. The third kappa shape index (κ3) is 2.39. The number of aromatic nitrogens is 1. The minimum Gasteiger partial charge on any atom is -0.437 e. The molecule has 0 aliphatic heterocycles. The fraction of sp³-hybridized carbons (Fsp3) is 0. The van der Waals surface area contributed by atoms with Gasteiger partial charge in [0.15, 0.2) is 0 Å². The monoisotopic (exact) mass is 220 g/mol. The van der Waals surface area contributed by atoms with E-state index in [1.54, 1.807) is 6.07 Å². The normalized spacial score (nSPS) is 9.93. The molecule has 4 heteroatoms. The second kappa shape index (κ2) is 4.19. The van der Waals surface area contributed by atoms with Crippen LogP contribution in [0.3, 0.4) is 0 Å². The first-order valence-corrected chi connectivity index (χ1v) is 4.77. The summed E-state index contributed by atoms with van der Waals surface area (Å²) in [4.78, 5) is 3.99. The molecule has 1 aromatic carbocycles. The zero-order valence-electron chi connectivity index (χ0n) is 7.85. The van der Waals surface area contributed by atoms with Gasteiger partial charge in [0.2, 0.25) is 5.88 Å². The van der Waals surface area contributed by atoms with E-state index in [9.17, 15) is 0 Å². The zero-order valence-corrected chi connectivity index (χ0v) is 8.61. The van der Waals surface area contributed by atoms with Gasteiger partial charge in [0.05, 0.1) is 10.7 Å². The molecule has 0 saturated heterocycles. The van der Waals surface area contributed by atoms with Crippen LogP contribution in [0.2, 0.25) is 5.02 Å². The van der Waals surface area contributed by atoms with Gasteiger partial charge in [0.25, 0.3) is 0 Å². The lowest BCUT2D eigenvalue weighted by Crippen LogP contribution is -1.94. The minimum atomic E-state index is 0.366. The summed E-state index contributed by atoms with van der Waals surface area (Å²) in [5.41, 5.74) is 6.12. The molecular weight excluding hydrogens is 212 g/mol. The Morgan fingerprint density at radius 1 is 1.20 bits per heavy atom. The predicted octanol–water partition coefficient (Wildman–Crippen LogP) is 3.11. The lowest BCUT2D eigenvalue weighted by Gasteiger charge is -2.06. The van der Waals surface area contributed by atoms with Crippen molar-refractivity contribution in [2.75, 3.05) is 5.73 Å². The van der Waals surface area contributed by atoms with Crippen molar-refractivity contribution in [3.8, 4) is 11.6 Å². The first-order valence-electron chi connectivity index (χ1n) is 4.39. The molecule has 3 nitrogen and oxygen atoms in total. The standard InChI is InChI=1S/C11H9ClN2O/c12-8-6-10(13)11(14-7-8)15-9-4-2-1-3-5-9/h1-7H,13H2. The molecule has 0 fully saturated rings. The van der Waals surface area contributed by atoms with Gasteiger partial charge in [-0.05, 0) is 18.2 Å².